The highest BCUT2D eigenvalue weighted by molar-refractivity contribution is 6.18. The Morgan fingerprint density at radius 3 is 2.37 bits per heavy atom. The second kappa shape index (κ2) is 12.5. The Balaban J connectivity index is 1.21. The third kappa shape index (κ3) is 5.46. The summed E-state index contributed by atoms with van der Waals surface area (Å²) in [5, 5.41) is 13.4. The quantitative estimate of drug-likeness (QED) is 0.113. The molecule has 1 aliphatic carbocycles. The fraction of sp³-hybridized carbons (Fsp3) is 0.111. The number of anilines is 2. The van der Waals surface area contributed by atoms with Gasteiger partial charge in [0.25, 0.3) is 0 Å². The van der Waals surface area contributed by atoms with Crippen molar-refractivity contribution in [1.82, 2.24) is 9.97 Å². The first-order valence-corrected chi connectivity index (χ1v) is 17.4. The summed E-state index contributed by atoms with van der Waals surface area (Å²) in [6, 6.07) is 39.2. The van der Waals surface area contributed by atoms with Gasteiger partial charge in [0.05, 0.1) is 45.5 Å². The molecule has 2 N–H and O–H groups in total. The summed E-state index contributed by atoms with van der Waals surface area (Å²) >= 11 is 0. The van der Waals surface area contributed by atoms with Crippen molar-refractivity contribution >= 4 is 67.0 Å². The summed E-state index contributed by atoms with van der Waals surface area (Å²) in [6.45, 7) is 2.24. The number of fused-ring (bicyclic) bond motifs is 6. The molecule has 0 bridgehead atoms. The van der Waals surface area contributed by atoms with Gasteiger partial charge in [0.2, 0.25) is 0 Å². The first-order chi connectivity index (χ1) is 25.0. The Labute approximate surface area is 297 Å². The molecule has 2 aromatic heterocycles. The highest BCUT2D eigenvalue weighted by Crippen LogP contribution is 2.44. The van der Waals surface area contributed by atoms with Gasteiger partial charge >= 0.3 is 0 Å². The molecule has 6 heteroatoms. The molecule has 246 valence electrons. The third-order valence-corrected chi connectivity index (χ3v) is 10.1. The topological polar surface area (TPSA) is 79.8 Å². The monoisotopic (exact) mass is 660 g/mol. The van der Waals surface area contributed by atoms with Crippen molar-refractivity contribution in [2.45, 2.75) is 19.4 Å². The first-order valence-electron chi connectivity index (χ1n) is 17.4. The van der Waals surface area contributed by atoms with Gasteiger partial charge in [-0.05, 0) is 71.5 Å². The fourth-order valence-electron chi connectivity index (χ4n) is 7.39. The molecule has 5 aromatic carbocycles. The summed E-state index contributed by atoms with van der Waals surface area (Å²) in [4.78, 5) is 12.9. The van der Waals surface area contributed by atoms with Gasteiger partial charge in [0, 0.05) is 34.2 Å². The lowest BCUT2D eigenvalue weighted by molar-refractivity contribution is 0.739. The van der Waals surface area contributed by atoms with Crippen LogP contribution in [-0.2, 0) is 0 Å². The van der Waals surface area contributed by atoms with Crippen LogP contribution in [0.2, 0.25) is 0 Å². The van der Waals surface area contributed by atoms with Crippen molar-refractivity contribution in [3.8, 4) is 11.3 Å². The zero-order valence-electron chi connectivity index (χ0n) is 28.5. The van der Waals surface area contributed by atoms with Gasteiger partial charge in [-0.1, -0.05) is 110 Å². The number of nitrogens with two attached hydrogens (primary N) is 1. The van der Waals surface area contributed by atoms with E-state index in [4.69, 9.17) is 20.8 Å². The first kappa shape index (κ1) is 30.6. The molecular weight excluding hydrogens is 625 g/mol. The van der Waals surface area contributed by atoms with Crippen LogP contribution >= 0.6 is 0 Å². The second-order valence-corrected chi connectivity index (χ2v) is 13.5. The molecule has 9 rings (SSSR count). The van der Waals surface area contributed by atoms with Crippen LogP contribution in [0.5, 0.6) is 0 Å². The molecular formula is C45H36N6. The molecule has 0 amide bonds. The zero-order valence-corrected chi connectivity index (χ0v) is 28.5. The number of benzene rings is 5. The van der Waals surface area contributed by atoms with Crippen molar-refractivity contribution in [3.05, 3.63) is 156 Å². The maximum absolute atomic E-state index is 6.70. The van der Waals surface area contributed by atoms with Crippen molar-refractivity contribution in [1.29, 1.82) is 0 Å². The lowest BCUT2D eigenvalue weighted by atomic mass is 9.92. The molecule has 7 aromatic rings. The molecule has 2 unspecified atom stereocenters. The Morgan fingerprint density at radius 2 is 1.57 bits per heavy atom. The number of allylic oxidation sites excluding steroid dienone is 4. The van der Waals surface area contributed by atoms with Crippen molar-refractivity contribution in [2.75, 3.05) is 17.7 Å². The average molecular weight is 661 g/mol. The lowest BCUT2D eigenvalue weighted by Crippen LogP contribution is -2.26. The maximum Gasteiger partial charge on any atom is 0.117 e. The van der Waals surface area contributed by atoms with E-state index in [-0.39, 0.29) is 6.04 Å². The van der Waals surface area contributed by atoms with Crippen molar-refractivity contribution < 1.29 is 0 Å². The molecule has 1 aliphatic heterocycles. The smallest absolute Gasteiger partial charge is 0.117 e. The number of likely N-dealkylation sites (N-methyl/N-ethyl adjacent to an activating group) is 1. The standard InChI is InChI=1S/C45H36N6/c1-28-13-15-29(16-14-28)38-24-19-31-17-18-32-21-26-40(51(2)45(32)43(31)47-38)33-20-25-39-36(27-33)41-35(42(48-39)30-9-5-3-6-10-30)22-23-37(46)44(41)50-49-34-11-7-4-8-12-34/h3-13,15-28,40H,14,46H2,1-2H3. The van der Waals surface area contributed by atoms with E-state index in [0.717, 1.165) is 78.5 Å². The van der Waals surface area contributed by atoms with Crippen molar-refractivity contribution in [2.24, 2.45) is 16.1 Å². The van der Waals surface area contributed by atoms with Gasteiger partial charge in [-0.15, -0.1) is 5.11 Å². The average Bonchev–Trinajstić information content (AvgIpc) is 3.17. The van der Waals surface area contributed by atoms with Gasteiger partial charge < -0.3 is 10.6 Å². The van der Waals surface area contributed by atoms with Crippen LogP contribution in [0.4, 0.5) is 22.7 Å². The van der Waals surface area contributed by atoms with E-state index in [9.17, 15) is 0 Å². The predicted octanol–water partition coefficient (Wildman–Crippen LogP) is 11.8. The van der Waals surface area contributed by atoms with Crippen LogP contribution in [0.1, 0.15) is 36.2 Å². The van der Waals surface area contributed by atoms with Gasteiger partial charge in [-0.3, -0.25) is 0 Å². The Kier molecular flexibility index (Phi) is 7.50. The third-order valence-electron chi connectivity index (χ3n) is 10.1. The number of hydrogen-bond acceptors (Lipinski definition) is 6. The Bertz CT molecular complexity index is 2600. The van der Waals surface area contributed by atoms with Crippen LogP contribution in [0.15, 0.2) is 150 Å². The van der Waals surface area contributed by atoms with Crippen LogP contribution in [-0.4, -0.2) is 17.0 Å². The van der Waals surface area contributed by atoms with E-state index in [1.807, 2.05) is 54.6 Å². The maximum atomic E-state index is 6.70. The minimum Gasteiger partial charge on any atom is -0.397 e. The van der Waals surface area contributed by atoms with E-state index in [1.165, 1.54) is 5.57 Å². The van der Waals surface area contributed by atoms with E-state index in [2.05, 4.69) is 115 Å². The number of azo groups is 1. The van der Waals surface area contributed by atoms with Crippen LogP contribution in [0, 0.1) is 5.92 Å². The summed E-state index contributed by atoms with van der Waals surface area (Å²) in [5.74, 6) is 0.553. The van der Waals surface area contributed by atoms with E-state index >= 15 is 0 Å². The zero-order chi connectivity index (χ0) is 34.5. The minimum atomic E-state index is -0.0353. The Hall–Kier alpha value is -6.40. The summed E-state index contributed by atoms with van der Waals surface area (Å²) < 4.78 is 0. The highest BCUT2D eigenvalue weighted by atomic mass is 15.1. The van der Waals surface area contributed by atoms with Crippen LogP contribution in [0.3, 0.4) is 0 Å². The summed E-state index contributed by atoms with van der Waals surface area (Å²) in [5.41, 5.74) is 18.1. The van der Waals surface area contributed by atoms with E-state index in [1.54, 1.807) is 0 Å². The molecule has 0 saturated heterocycles. The molecule has 0 radical (unpaired) electrons. The summed E-state index contributed by atoms with van der Waals surface area (Å²) in [6.07, 6.45) is 12.3. The normalized spacial score (nSPS) is 17.1. The molecule has 0 fully saturated rings. The highest BCUT2D eigenvalue weighted by Gasteiger charge is 2.25. The van der Waals surface area contributed by atoms with E-state index in [0.29, 0.717) is 17.3 Å². The number of nitrogen functional groups attached to an aromatic ring is 1. The van der Waals surface area contributed by atoms with Crippen LogP contribution in [0.25, 0.3) is 55.5 Å². The number of nitrogens with zero attached hydrogens (tertiary/aromatic N) is 5. The number of aromatic nitrogens is 2. The molecule has 0 saturated carbocycles. The fourth-order valence-corrected chi connectivity index (χ4v) is 7.39. The van der Waals surface area contributed by atoms with Crippen LogP contribution < -0.4 is 10.6 Å². The largest absolute Gasteiger partial charge is 0.397 e. The number of pyridine rings is 2. The van der Waals surface area contributed by atoms with Gasteiger partial charge in [-0.25, -0.2) is 9.97 Å². The molecule has 2 atom stereocenters. The van der Waals surface area contributed by atoms with E-state index < -0.39 is 0 Å². The number of hydrogen-bond donors (Lipinski definition) is 1. The predicted molar refractivity (Wildman–Crippen MR) is 213 cm³/mol. The molecule has 2 aliphatic rings. The van der Waals surface area contributed by atoms with Gasteiger partial charge in [-0.2, -0.15) is 5.11 Å². The number of rotatable bonds is 5. The molecule has 0 spiro atoms. The molecule has 3 heterocycles. The van der Waals surface area contributed by atoms with Gasteiger partial charge in [0.15, 0.2) is 0 Å². The minimum absolute atomic E-state index is 0.0353. The van der Waals surface area contributed by atoms with Gasteiger partial charge in [0.1, 0.15) is 5.69 Å². The SMILES string of the molecule is CC1C=CC(c2ccc3ccc4c(c3n2)N(C)C(c2ccc3nc(-c5ccccc5)c5ccc(N)c(N=Nc6ccccc6)c5c3c2)C=C4)=CC1. The Morgan fingerprint density at radius 1 is 0.765 bits per heavy atom. The van der Waals surface area contributed by atoms with Crippen molar-refractivity contribution in [3.63, 3.8) is 0 Å². The molecule has 6 nitrogen and oxygen atoms in total. The molecule has 51 heavy (non-hydrogen) atoms. The summed E-state index contributed by atoms with van der Waals surface area (Å²) in [7, 11) is 2.17. The lowest BCUT2D eigenvalue weighted by Gasteiger charge is -2.33. The second-order valence-electron chi connectivity index (χ2n) is 13.5.